The minimum Gasteiger partial charge on any atom is -0.305 e. The lowest BCUT2D eigenvalue weighted by atomic mass is 9.85. The molecule has 0 saturated heterocycles. The first-order valence-electron chi connectivity index (χ1n) is 5.67. The molecule has 0 fully saturated rings. The lowest BCUT2D eigenvalue weighted by Crippen LogP contribution is -2.29. The third-order valence-electron chi connectivity index (χ3n) is 3.24. The van der Waals surface area contributed by atoms with Gasteiger partial charge >= 0.3 is 6.18 Å². The van der Waals surface area contributed by atoms with Gasteiger partial charge in [-0.2, -0.15) is 13.2 Å². The number of aryl methyl sites for hydroxylation is 1. The Morgan fingerprint density at radius 2 is 2.12 bits per heavy atom. The van der Waals surface area contributed by atoms with Crippen LogP contribution >= 0.6 is 11.3 Å². The van der Waals surface area contributed by atoms with Gasteiger partial charge in [0.05, 0.1) is 6.54 Å². The summed E-state index contributed by atoms with van der Waals surface area (Å²) in [5.41, 5.74) is 2.43. The molecule has 1 aromatic rings. The fourth-order valence-electron chi connectivity index (χ4n) is 2.46. The van der Waals surface area contributed by atoms with Crippen molar-refractivity contribution in [2.75, 3.05) is 6.54 Å². The highest BCUT2D eigenvalue weighted by molar-refractivity contribution is 7.10. The molecule has 0 aliphatic heterocycles. The number of fused-ring (bicyclic) bond motifs is 1. The van der Waals surface area contributed by atoms with Crippen LogP contribution in [0.3, 0.4) is 0 Å². The van der Waals surface area contributed by atoms with E-state index in [0.717, 1.165) is 18.4 Å². The van der Waals surface area contributed by atoms with Crippen molar-refractivity contribution in [3.8, 4) is 0 Å². The third-order valence-corrected chi connectivity index (χ3v) is 4.33. The van der Waals surface area contributed by atoms with Gasteiger partial charge in [0.1, 0.15) is 0 Å². The monoisotopic (exact) mass is 263 g/mol. The molecular formula is C12H16F3NS. The van der Waals surface area contributed by atoms with Crippen LogP contribution in [-0.2, 0) is 18.4 Å². The van der Waals surface area contributed by atoms with E-state index in [9.17, 15) is 13.2 Å². The Morgan fingerprint density at radius 3 is 2.76 bits per heavy atom. The molecule has 1 nitrogen and oxygen atoms in total. The summed E-state index contributed by atoms with van der Waals surface area (Å²) in [6, 6.07) is 0. The predicted molar refractivity (Wildman–Crippen MR) is 63.4 cm³/mol. The fraction of sp³-hybridized carbons (Fsp3) is 0.667. The van der Waals surface area contributed by atoms with Crippen molar-refractivity contribution >= 4 is 11.3 Å². The van der Waals surface area contributed by atoms with E-state index in [4.69, 9.17) is 0 Å². The molecule has 0 radical (unpaired) electrons. The topological polar surface area (TPSA) is 12.0 Å². The van der Waals surface area contributed by atoms with Crippen LogP contribution in [0.25, 0.3) is 0 Å². The zero-order valence-electron chi connectivity index (χ0n) is 9.95. The highest BCUT2D eigenvalue weighted by Crippen LogP contribution is 2.43. The summed E-state index contributed by atoms with van der Waals surface area (Å²) in [5.74, 6) is 0. The van der Waals surface area contributed by atoms with E-state index < -0.39 is 12.7 Å². The molecule has 0 spiro atoms. The first-order chi connectivity index (χ1) is 7.80. The Hall–Kier alpha value is -0.550. The number of alkyl halides is 3. The van der Waals surface area contributed by atoms with E-state index in [2.05, 4.69) is 19.2 Å². The largest absolute Gasteiger partial charge is 0.401 e. The number of nitrogens with one attached hydrogen (secondary N) is 1. The van der Waals surface area contributed by atoms with E-state index in [-0.39, 0.29) is 5.41 Å². The highest BCUT2D eigenvalue weighted by Gasteiger charge is 2.34. The number of thiophene rings is 1. The molecule has 0 atom stereocenters. The van der Waals surface area contributed by atoms with E-state index in [1.807, 2.05) is 5.38 Å². The molecule has 1 aromatic heterocycles. The number of halogens is 3. The first-order valence-corrected chi connectivity index (χ1v) is 6.55. The van der Waals surface area contributed by atoms with Crippen LogP contribution in [0.5, 0.6) is 0 Å². The minimum atomic E-state index is -4.13. The maximum atomic E-state index is 12.1. The molecule has 1 aliphatic carbocycles. The zero-order valence-corrected chi connectivity index (χ0v) is 10.8. The van der Waals surface area contributed by atoms with Crippen LogP contribution in [0.2, 0.25) is 0 Å². The van der Waals surface area contributed by atoms with Crippen LogP contribution in [0, 0.1) is 0 Å². The van der Waals surface area contributed by atoms with Crippen LogP contribution in [0.4, 0.5) is 13.2 Å². The second-order valence-electron chi connectivity index (χ2n) is 5.16. The summed E-state index contributed by atoms with van der Waals surface area (Å²) in [4.78, 5) is 1.35. The quantitative estimate of drug-likeness (QED) is 0.878. The minimum absolute atomic E-state index is 0.116. The normalized spacial score (nSPS) is 18.4. The van der Waals surface area contributed by atoms with Crippen molar-refractivity contribution in [1.29, 1.82) is 0 Å². The van der Waals surface area contributed by atoms with Crippen LogP contribution in [0.15, 0.2) is 5.38 Å². The number of rotatable bonds is 3. The third kappa shape index (κ3) is 2.83. The van der Waals surface area contributed by atoms with Crippen molar-refractivity contribution in [3.05, 3.63) is 21.4 Å². The van der Waals surface area contributed by atoms with Crippen molar-refractivity contribution in [2.24, 2.45) is 0 Å². The Bertz CT molecular complexity index is 406. The zero-order chi connectivity index (χ0) is 12.7. The van der Waals surface area contributed by atoms with E-state index in [1.165, 1.54) is 10.4 Å². The SMILES string of the molecule is CC1(C)CCc2scc(CNCC(F)(F)F)c21. The molecule has 1 aliphatic rings. The molecule has 2 rings (SSSR count). The summed E-state index contributed by atoms with van der Waals surface area (Å²) < 4.78 is 36.2. The standard InChI is InChI=1S/C12H16F3NS/c1-11(2)4-3-9-10(11)8(6-17-9)5-16-7-12(13,14)15/h6,16H,3-5,7H2,1-2H3. The fourth-order valence-corrected chi connectivity index (χ4v) is 3.69. The van der Waals surface area contributed by atoms with Gasteiger partial charge in [-0.1, -0.05) is 13.8 Å². The van der Waals surface area contributed by atoms with Crippen LogP contribution in [-0.4, -0.2) is 12.7 Å². The number of hydrogen-bond acceptors (Lipinski definition) is 2. The lowest BCUT2D eigenvalue weighted by molar-refractivity contribution is -0.125. The second-order valence-corrected chi connectivity index (χ2v) is 6.13. The summed E-state index contributed by atoms with van der Waals surface area (Å²) >= 11 is 1.68. The Kier molecular flexibility index (Phi) is 3.25. The van der Waals surface area contributed by atoms with Gasteiger partial charge in [0.2, 0.25) is 0 Å². The number of hydrogen-bond donors (Lipinski definition) is 1. The van der Waals surface area contributed by atoms with Gasteiger partial charge in [-0.05, 0) is 34.8 Å². The predicted octanol–water partition coefficient (Wildman–Crippen LogP) is 3.62. The van der Waals surface area contributed by atoms with Gasteiger partial charge in [-0.3, -0.25) is 0 Å². The highest BCUT2D eigenvalue weighted by atomic mass is 32.1. The summed E-state index contributed by atoms with van der Waals surface area (Å²) in [5, 5.41) is 4.47. The van der Waals surface area contributed by atoms with Crippen LogP contribution in [0.1, 0.15) is 36.3 Å². The smallest absolute Gasteiger partial charge is 0.305 e. The van der Waals surface area contributed by atoms with Crippen molar-refractivity contribution in [2.45, 2.75) is 44.8 Å². The van der Waals surface area contributed by atoms with Gasteiger partial charge in [0.25, 0.3) is 0 Å². The molecule has 0 bridgehead atoms. The summed E-state index contributed by atoms with van der Waals surface area (Å²) in [7, 11) is 0. The molecule has 0 unspecified atom stereocenters. The molecule has 0 aromatic carbocycles. The van der Waals surface area contributed by atoms with Crippen molar-refractivity contribution in [1.82, 2.24) is 5.32 Å². The van der Waals surface area contributed by atoms with E-state index >= 15 is 0 Å². The Morgan fingerprint density at radius 1 is 1.41 bits per heavy atom. The second kappa shape index (κ2) is 4.28. The lowest BCUT2D eigenvalue weighted by Gasteiger charge is -2.20. The van der Waals surface area contributed by atoms with Gasteiger partial charge < -0.3 is 5.32 Å². The molecule has 5 heteroatoms. The molecule has 1 heterocycles. The van der Waals surface area contributed by atoms with Gasteiger partial charge in [0, 0.05) is 11.4 Å². The van der Waals surface area contributed by atoms with Crippen molar-refractivity contribution in [3.63, 3.8) is 0 Å². The Balaban J connectivity index is 2.04. The van der Waals surface area contributed by atoms with E-state index in [0.29, 0.717) is 6.54 Å². The van der Waals surface area contributed by atoms with Gasteiger partial charge in [-0.15, -0.1) is 11.3 Å². The first kappa shape index (κ1) is 12.9. The molecule has 0 saturated carbocycles. The molecule has 96 valence electrons. The maximum Gasteiger partial charge on any atom is 0.401 e. The molecule has 0 amide bonds. The van der Waals surface area contributed by atoms with Gasteiger partial charge in [-0.25, -0.2) is 0 Å². The Labute approximate surface area is 103 Å². The van der Waals surface area contributed by atoms with Crippen molar-refractivity contribution < 1.29 is 13.2 Å². The summed E-state index contributed by atoms with van der Waals surface area (Å²) in [6.45, 7) is 3.73. The molecule has 1 N–H and O–H groups in total. The average Bonchev–Trinajstić information content (AvgIpc) is 2.68. The molecular weight excluding hydrogens is 247 g/mol. The van der Waals surface area contributed by atoms with Crippen LogP contribution < -0.4 is 5.32 Å². The molecule has 17 heavy (non-hydrogen) atoms. The van der Waals surface area contributed by atoms with E-state index in [1.54, 1.807) is 11.3 Å². The van der Waals surface area contributed by atoms with Gasteiger partial charge in [0.15, 0.2) is 0 Å². The maximum absolute atomic E-state index is 12.1. The summed E-state index contributed by atoms with van der Waals surface area (Å²) in [6.07, 6.45) is -1.97. The average molecular weight is 263 g/mol.